The molecule has 1 rings (SSSR count). The van der Waals surface area contributed by atoms with Crippen LogP contribution in [0, 0.1) is 0 Å². The van der Waals surface area contributed by atoms with Crippen LogP contribution in [0.2, 0.25) is 0 Å². The van der Waals surface area contributed by atoms with Crippen molar-refractivity contribution in [1.29, 1.82) is 0 Å². The first-order valence-corrected chi connectivity index (χ1v) is 4.06. The number of hydrogen-bond donors (Lipinski definition) is 2. The average molecular weight is 197 g/mol. The van der Waals surface area contributed by atoms with Gasteiger partial charge in [0, 0.05) is 6.42 Å². The molecular formula is C8H11N3O3. The molecule has 76 valence electrons. The van der Waals surface area contributed by atoms with Gasteiger partial charge in [0.1, 0.15) is 5.71 Å². The van der Waals surface area contributed by atoms with Crippen molar-refractivity contribution in [3.63, 3.8) is 0 Å². The van der Waals surface area contributed by atoms with Crippen molar-refractivity contribution in [3.05, 3.63) is 12.7 Å². The Balaban J connectivity index is 2.29. The number of carbonyl (C=O) groups is 2. The minimum absolute atomic E-state index is 0.197. The van der Waals surface area contributed by atoms with Crippen LogP contribution in [-0.2, 0) is 14.4 Å². The molecule has 1 aliphatic rings. The number of nitrogens with two attached hydrogens (primary N) is 1. The van der Waals surface area contributed by atoms with Gasteiger partial charge >= 0.3 is 0 Å². The number of nitrogens with one attached hydrogen (secondary N) is 1. The molecule has 0 bridgehead atoms. The van der Waals surface area contributed by atoms with E-state index in [9.17, 15) is 9.59 Å². The fourth-order valence-corrected chi connectivity index (χ4v) is 0.970. The van der Waals surface area contributed by atoms with Crippen molar-refractivity contribution >= 4 is 17.5 Å². The highest BCUT2D eigenvalue weighted by molar-refractivity contribution is 6.38. The second-order valence-electron chi connectivity index (χ2n) is 2.78. The number of oxime groups is 1. The molecule has 14 heavy (non-hydrogen) atoms. The minimum atomic E-state index is -0.595. The third kappa shape index (κ3) is 2.58. The summed E-state index contributed by atoms with van der Waals surface area (Å²) in [5.41, 5.74) is 5.19. The molecule has 0 spiro atoms. The summed E-state index contributed by atoms with van der Waals surface area (Å²) in [4.78, 5) is 26.3. The van der Waals surface area contributed by atoms with Crippen molar-refractivity contribution in [2.75, 3.05) is 6.54 Å². The van der Waals surface area contributed by atoms with Gasteiger partial charge in [0.2, 0.25) is 5.91 Å². The first kappa shape index (κ1) is 10.2. The maximum Gasteiger partial charge on any atom is 0.266 e. The normalized spacial score (nSPS) is 19.4. The van der Waals surface area contributed by atoms with Crippen LogP contribution in [0.4, 0.5) is 0 Å². The molecule has 0 aliphatic carbocycles. The second-order valence-corrected chi connectivity index (χ2v) is 2.78. The maximum atomic E-state index is 10.8. The van der Waals surface area contributed by atoms with Gasteiger partial charge in [-0.1, -0.05) is 11.7 Å². The van der Waals surface area contributed by atoms with Gasteiger partial charge in [-0.15, -0.1) is 0 Å². The first-order chi connectivity index (χ1) is 6.63. The Morgan fingerprint density at radius 3 is 3.00 bits per heavy atom. The number of carbonyl (C=O) groups excluding carboxylic acids is 2. The number of primary amides is 1. The Labute approximate surface area is 80.8 Å². The van der Waals surface area contributed by atoms with Gasteiger partial charge in [-0.25, -0.2) is 0 Å². The van der Waals surface area contributed by atoms with Crippen LogP contribution in [0.15, 0.2) is 17.8 Å². The number of hydrogen-bond acceptors (Lipinski definition) is 4. The molecule has 6 heteroatoms. The third-order valence-corrected chi connectivity index (χ3v) is 1.71. The molecule has 0 aromatic carbocycles. The van der Waals surface area contributed by atoms with E-state index in [0.717, 1.165) is 6.08 Å². The van der Waals surface area contributed by atoms with Gasteiger partial charge in [0.25, 0.3) is 5.91 Å². The number of amides is 2. The van der Waals surface area contributed by atoms with Crippen LogP contribution in [-0.4, -0.2) is 30.2 Å². The van der Waals surface area contributed by atoms with E-state index in [1.54, 1.807) is 0 Å². The van der Waals surface area contributed by atoms with E-state index in [1.807, 2.05) is 0 Å². The number of rotatable bonds is 4. The van der Waals surface area contributed by atoms with E-state index in [0.29, 0.717) is 6.42 Å². The van der Waals surface area contributed by atoms with Crippen molar-refractivity contribution in [2.45, 2.75) is 12.5 Å². The third-order valence-electron chi connectivity index (χ3n) is 1.71. The van der Waals surface area contributed by atoms with E-state index < -0.39 is 5.91 Å². The number of nitrogens with zero attached hydrogens (tertiary/aromatic N) is 1. The lowest BCUT2D eigenvalue weighted by Crippen LogP contribution is -2.32. The standard InChI is InChI=1S/C8H11N3O3/c1-2-7(12)10-4-5-3-6(8(9)13)11-14-5/h2,5H,1,3-4H2,(H2,9,13)(H,10,12)/t5-/m1/s1. The highest BCUT2D eigenvalue weighted by Crippen LogP contribution is 2.08. The Bertz CT molecular complexity index is 298. The smallest absolute Gasteiger partial charge is 0.266 e. The lowest BCUT2D eigenvalue weighted by molar-refractivity contribution is -0.117. The Morgan fingerprint density at radius 2 is 2.50 bits per heavy atom. The molecule has 3 N–H and O–H groups in total. The monoisotopic (exact) mass is 197 g/mol. The van der Waals surface area contributed by atoms with Crippen LogP contribution >= 0.6 is 0 Å². The van der Waals surface area contributed by atoms with Crippen molar-refractivity contribution in [2.24, 2.45) is 10.9 Å². The first-order valence-electron chi connectivity index (χ1n) is 4.06. The summed E-state index contributed by atoms with van der Waals surface area (Å²) < 4.78 is 0. The molecule has 0 aromatic rings. The lowest BCUT2D eigenvalue weighted by atomic mass is 10.2. The summed E-state index contributed by atoms with van der Waals surface area (Å²) in [5, 5.41) is 6.01. The Kier molecular flexibility index (Phi) is 3.22. The lowest BCUT2D eigenvalue weighted by Gasteiger charge is -2.07. The maximum absolute atomic E-state index is 10.8. The van der Waals surface area contributed by atoms with Crippen LogP contribution < -0.4 is 11.1 Å². The largest absolute Gasteiger partial charge is 0.390 e. The predicted octanol–water partition coefficient (Wildman–Crippen LogP) is -1.08. The van der Waals surface area contributed by atoms with Crippen LogP contribution in [0.1, 0.15) is 6.42 Å². The molecule has 1 aliphatic heterocycles. The average Bonchev–Trinajstić information content (AvgIpc) is 2.62. The quantitative estimate of drug-likeness (QED) is 0.561. The zero-order valence-electron chi connectivity index (χ0n) is 7.53. The zero-order valence-corrected chi connectivity index (χ0v) is 7.53. The van der Waals surface area contributed by atoms with Gasteiger partial charge in [0.15, 0.2) is 6.10 Å². The minimum Gasteiger partial charge on any atom is -0.390 e. The fourth-order valence-electron chi connectivity index (χ4n) is 0.970. The summed E-state index contributed by atoms with van der Waals surface area (Å²) in [6, 6.07) is 0. The summed E-state index contributed by atoms with van der Waals surface area (Å²) in [7, 11) is 0. The van der Waals surface area contributed by atoms with Crippen LogP contribution in [0.5, 0.6) is 0 Å². The van der Waals surface area contributed by atoms with E-state index in [4.69, 9.17) is 10.6 Å². The summed E-state index contributed by atoms with van der Waals surface area (Å²) in [6.45, 7) is 3.58. The molecule has 0 radical (unpaired) electrons. The van der Waals surface area contributed by atoms with E-state index in [1.165, 1.54) is 0 Å². The van der Waals surface area contributed by atoms with Crippen molar-refractivity contribution < 1.29 is 14.4 Å². The summed E-state index contributed by atoms with van der Waals surface area (Å²) in [6.07, 6.45) is 1.17. The van der Waals surface area contributed by atoms with Crippen LogP contribution in [0.3, 0.4) is 0 Å². The molecule has 1 heterocycles. The fraction of sp³-hybridized carbons (Fsp3) is 0.375. The molecular weight excluding hydrogens is 186 g/mol. The molecule has 0 aromatic heterocycles. The molecule has 6 nitrogen and oxygen atoms in total. The van der Waals surface area contributed by atoms with E-state index in [-0.39, 0.29) is 24.3 Å². The second kappa shape index (κ2) is 4.40. The summed E-state index contributed by atoms with van der Waals surface area (Å²) >= 11 is 0. The van der Waals surface area contributed by atoms with Crippen molar-refractivity contribution in [1.82, 2.24) is 5.32 Å². The molecule has 0 saturated heterocycles. The van der Waals surface area contributed by atoms with E-state index in [2.05, 4.69) is 17.1 Å². The molecule has 1 atom stereocenters. The van der Waals surface area contributed by atoms with Gasteiger partial charge < -0.3 is 15.9 Å². The molecule has 0 fully saturated rings. The highest BCUT2D eigenvalue weighted by atomic mass is 16.6. The SMILES string of the molecule is C=CC(=O)NC[C@H]1CC(C(N)=O)=NO1. The van der Waals surface area contributed by atoms with Gasteiger partial charge in [0.05, 0.1) is 6.54 Å². The molecule has 2 amide bonds. The topological polar surface area (TPSA) is 93.8 Å². The van der Waals surface area contributed by atoms with E-state index >= 15 is 0 Å². The summed E-state index contributed by atoms with van der Waals surface area (Å²) in [5.74, 6) is -0.885. The Morgan fingerprint density at radius 1 is 1.79 bits per heavy atom. The molecule has 0 unspecified atom stereocenters. The highest BCUT2D eigenvalue weighted by Gasteiger charge is 2.24. The van der Waals surface area contributed by atoms with Gasteiger partial charge in [-0.2, -0.15) is 0 Å². The molecule has 0 saturated carbocycles. The van der Waals surface area contributed by atoms with Gasteiger partial charge in [-0.3, -0.25) is 9.59 Å². The van der Waals surface area contributed by atoms with Crippen LogP contribution in [0.25, 0.3) is 0 Å². The van der Waals surface area contributed by atoms with Crippen molar-refractivity contribution in [3.8, 4) is 0 Å². The van der Waals surface area contributed by atoms with Gasteiger partial charge in [-0.05, 0) is 6.08 Å². The Hall–Kier alpha value is -1.85. The predicted molar refractivity (Wildman–Crippen MR) is 49.3 cm³/mol. The zero-order chi connectivity index (χ0) is 10.6.